The molecule has 0 bridgehead atoms. The van der Waals surface area contributed by atoms with Gasteiger partial charge in [-0.15, -0.1) is 0 Å². The lowest BCUT2D eigenvalue weighted by Crippen LogP contribution is -2.53. The number of oxime groups is 1. The molecule has 0 heterocycles. The number of aliphatic hydroxyl groups is 1. The van der Waals surface area contributed by atoms with Crippen molar-refractivity contribution >= 4 is 11.4 Å². The second-order valence-corrected chi connectivity index (χ2v) is 12.4. The molecule has 4 saturated carbocycles. The summed E-state index contributed by atoms with van der Waals surface area (Å²) in [4.78, 5) is 0. The van der Waals surface area contributed by atoms with E-state index >= 15 is 0 Å². The fourth-order valence-corrected chi connectivity index (χ4v) is 8.59. The van der Waals surface area contributed by atoms with Gasteiger partial charge in [0.15, 0.2) is 5.69 Å². The summed E-state index contributed by atoms with van der Waals surface area (Å²) in [5, 5.41) is 34.8. The molecule has 4 aliphatic rings. The maximum atomic E-state index is 10.8. The molecule has 32 heavy (non-hydrogen) atoms. The first kappa shape index (κ1) is 22.4. The quantitative estimate of drug-likeness (QED) is 0.319. The molecule has 3 N–H and O–H groups in total. The number of hydrogen-bond donors (Lipinski definition) is 3. The van der Waals surface area contributed by atoms with Crippen molar-refractivity contribution in [3.05, 3.63) is 29.8 Å². The second kappa shape index (κ2) is 7.54. The van der Waals surface area contributed by atoms with E-state index in [0.717, 1.165) is 49.9 Å². The summed E-state index contributed by atoms with van der Waals surface area (Å²) < 4.78 is -0.169. The monoisotopic (exact) mass is 441 g/mol. The maximum Gasteiger partial charge on any atom is 0.164 e. The maximum absolute atomic E-state index is 10.8. The molecular weight excluding hydrogens is 400 g/mol. The van der Waals surface area contributed by atoms with Crippen molar-refractivity contribution in [3.63, 3.8) is 0 Å². The first-order valence-corrected chi connectivity index (χ1v) is 12.6. The predicted octanol–water partition coefficient (Wildman–Crippen LogP) is 5.57. The van der Waals surface area contributed by atoms with Crippen LogP contribution in [0.3, 0.4) is 0 Å². The molecule has 1 aromatic carbocycles. The zero-order valence-electron chi connectivity index (χ0n) is 20.2. The van der Waals surface area contributed by atoms with Gasteiger partial charge in [-0.25, -0.2) is 5.21 Å². The van der Waals surface area contributed by atoms with Crippen LogP contribution in [0.15, 0.2) is 29.4 Å². The zero-order valence-corrected chi connectivity index (χ0v) is 20.2. The average molecular weight is 442 g/mol. The topological polar surface area (TPSA) is 73.1 Å². The standard InChI is InChI=1S/C27H40N2O3/c1-26(30)14-13-20-18(15-26)7-10-21-23-11-12-24(28-31)27(23,2)16-22(25(20)21)17-5-8-19(9-6-17)29(3,4)32/h5-6,8-9,18,20-23,25,30,32H,7,10-16H2,1-4H3/p+1/b28-24-/t18-,20-,21?,22+,23?,25?,26+,27-/m0/s1. The molecule has 0 saturated heterocycles. The number of hydroxylamine groups is 2. The van der Waals surface area contributed by atoms with E-state index in [2.05, 4.69) is 36.3 Å². The fourth-order valence-electron chi connectivity index (χ4n) is 8.59. The third-order valence-electron chi connectivity index (χ3n) is 10.1. The van der Waals surface area contributed by atoms with Gasteiger partial charge in [0.05, 0.1) is 11.3 Å². The number of fused-ring (bicyclic) bond motifs is 5. The molecule has 3 unspecified atom stereocenters. The van der Waals surface area contributed by atoms with E-state index in [1.807, 2.05) is 6.92 Å². The third-order valence-corrected chi connectivity index (χ3v) is 10.1. The van der Waals surface area contributed by atoms with Gasteiger partial charge >= 0.3 is 0 Å². The first-order chi connectivity index (χ1) is 15.0. The molecule has 0 amide bonds. The fraction of sp³-hybridized carbons (Fsp3) is 0.741. The van der Waals surface area contributed by atoms with Gasteiger partial charge < -0.3 is 10.3 Å². The SMILES string of the molecule is C[C@@]1(O)CC[C@@H]2C3C(CC[C@H]2C1)C1CC/C(=N/O)[C@@]1(C)C[C@@H]3c1ccc([N+](C)(C)O)cc1. The van der Waals surface area contributed by atoms with E-state index < -0.39 is 5.60 Å². The molecular formula is C27H41N2O3+. The molecule has 5 nitrogen and oxygen atoms in total. The van der Waals surface area contributed by atoms with Gasteiger partial charge in [-0.1, -0.05) is 24.2 Å². The summed E-state index contributed by atoms with van der Waals surface area (Å²) in [5.74, 6) is 3.60. The molecule has 0 aliphatic heterocycles. The van der Waals surface area contributed by atoms with Crippen LogP contribution in [0.4, 0.5) is 5.69 Å². The molecule has 4 aliphatic carbocycles. The number of benzene rings is 1. The van der Waals surface area contributed by atoms with Gasteiger partial charge in [-0.3, -0.25) is 0 Å². The third kappa shape index (κ3) is 3.52. The molecule has 5 rings (SSSR count). The number of nitrogens with zero attached hydrogens (tertiary/aromatic N) is 2. The predicted molar refractivity (Wildman–Crippen MR) is 127 cm³/mol. The van der Waals surface area contributed by atoms with E-state index in [4.69, 9.17) is 0 Å². The molecule has 1 aromatic rings. The normalized spacial score (nSPS) is 45.2. The Morgan fingerprint density at radius 1 is 0.969 bits per heavy atom. The summed E-state index contributed by atoms with van der Waals surface area (Å²) in [6.45, 7) is 4.38. The van der Waals surface area contributed by atoms with Crippen LogP contribution in [-0.4, -0.2) is 40.9 Å². The highest BCUT2D eigenvalue weighted by Crippen LogP contribution is 2.65. The van der Waals surface area contributed by atoms with E-state index in [9.17, 15) is 15.5 Å². The largest absolute Gasteiger partial charge is 0.411 e. The molecule has 0 spiro atoms. The van der Waals surface area contributed by atoms with E-state index in [-0.39, 0.29) is 10.1 Å². The van der Waals surface area contributed by atoms with Gasteiger partial charge in [0.25, 0.3) is 0 Å². The van der Waals surface area contributed by atoms with Crippen LogP contribution >= 0.6 is 0 Å². The van der Waals surface area contributed by atoms with Crippen molar-refractivity contribution in [2.24, 2.45) is 40.2 Å². The average Bonchev–Trinajstić information content (AvgIpc) is 3.07. The summed E-state index contributed by atoms with van der Waals surface area (Å²) in [6.07, 6.45) is 8.53. The van der Waals surface area contributed by atoms with Crippen LogP contribution < -0.4 is 4.65 Å². The lowest BCUT2D eigenvalue weighted by molar-refractivity contribution is -0.0956. The Balaban J connectivity index is 1.55. The van der Waals surface area contributed by atoms with Crippen molar-refractivity contribution in [2.45, 2.75) is 76.7 Å². The van der Waals surface area contributed by atoms with Gasteiger partial charge in [-0.05, 0) is 99.4 Å². The lowest BCUT2D eigenvalue weighted by Gasteiger charge is -2.59. The first-order valence-electron chi connectivity index (χ1n) is 12.6. The van der Waals surface area contributed by atoms with Crippen LogP contribution in [0.1, 0.15) is 76.7 Å². The minimum Gasteiger partial charge on any atom is -0.411 e. The molecule has 0 radical (unpaired) electrons. The Morgan fingerprint density at radius 2 is 1.69 bits per heavy atom. The van der Waals surface area contributed by atoms with Crippen molar-refractivity contribution in [1.82, 2.24) is 4.65 Å². The molecule has 0 aromatic heterocycles. The Morgan fingerprint density at radius 3 is 2.34 bits per heavy atom. The van der Waals surface area contributed by atoms with Gasteiger partial charge in [0, 0.05) is 17.5 Å². The number of hydrogen-bond acceptors (Lipinski definition) is 4. The Bertz CT molecular complexity index is 887. The lowest BCUT2D eigenvalue weighted by atomic mass is 9.46. The van der Waals surface area contributed by atoms with Crippen molar-refractivity contribution in [1.29, 1.82) is 0 Å². The van der Waals surface area contributed by atoms with Crippen molar-refractivity contribution < 1.29 is 15.5 Å². The molecule has 5 heteroatoms. The Labute approximate surface area is 192 Å². The van der Waals surface area contributed by atoms with E-state index in [0.29, 0.717) is 35.5 Å². The molecule has 176 valence electrons. The minimum atomic E-state index is -0.511. The highest BCUT2D eigenvalue weighted by Gasteiger charge is 2.60. The highest BCUT2D eigenvalue weighted by molar-refractivity contribution is 5.92. The van der Waals surface area contributed by atoms with Gasteiger partial charge in [0.1, 0.15) is 14.1 Å². The van der Waals surface area contributed by atoms with E-state index in [1.165, 1.54) is 18.4 Å². The smallest absolute Gasteiger partial charge is 0.164 e. The summed E-state index contributed by atoms with van der Waals surface area (Å²) >= 11 is 0. The Kier molecular flexibility index (Phi) is 5.27. The van der Waals surface area contributed by atoms with Crippen LogP contribution in [0.25, 0.3) is 0 Å². The van der Waals surface area contributed by atoms with Gasteiger partial charge in [0.2, 0.25) is 0 Å². The Hall–Kier alpha value is -1.43. The minimum absolute atomic E-state index is 0.0292. The summed E-state index contributed by atoms with van der Waals surface area (Å²) in [5.41, 5.74) is 2.71. The van der Waals surface area contributed by atoms with E-state index in [1.54, 1.807) is 14.1 Å². The van der Waals surface area contributed by atoms with Crippen LogP contribution in [0, 0.1) is 35.0 Å². The van der Waals surface area contributed by atoms with Crippen LogP contribution in [0.5, 0.6) is 0 Å². The summed E-state index contributed by atoms with van der Waals surface area (Å²) in [7, 11) is 3.55. The molecule has 4 fully saturated rings. The van der Waals surface area contributed by atoms with Crippen molar-refractivity contribution in [2.75, 3.05) is 14.1 Å². The van der Waals surface area contributed by atoms with Crippen molar-refractivity contribution in [3.8, 4) is 0 Å². The van der Waals surface area contributed by atoms with Gasteiger partial charge in [-0.2, -0.15) is 4.65 Å². The molecule has 8 atom stereocenters. The number of quaternary nitrogens is 1. The van der Waals surface area contributed by atoms with Crippen LogP contribution in [0.2, 0.25) is 0 Å². The zero-order chi connectivity index (χ0) is 22.9. The van der Waals surface area contributed by atoms with Crippen LogP contribution in [-0.2, 0) is 0 Å². The second-order valence-electron chi connectivity index (χ2n) is 12.4. The summed E-state index contributed by atoms with van der Waals surface area (Å²) in [6, 6.07) is 8.59. The number of rotatable bonds is 2. The highest BCUT2D eigenvalue weighted by atomic mass is 16.5.